The number of hydrogen-bond donors (Lipinski definition) is 2. The van der Waals surface area contributed by atoms with Crippen LogP contribution >= 0.6 is 0 Å². The molecule has 23 heavy (non-hydrogen) atoms. The van der Waals surface area contributed by atoms with Crippen LogP contribution in [0.5, 0.6) is 0 Å². The zero-order valence-corrected chi connectivity index (χ0v) is 12.6. The third kappa shape index (κ3) is 5.58. The van der Waals surface area contributed by atoms with Crippen molar-refractivity contribution in [2.75, 3.05) is 11.1 Å². The number of aromatic nitrogens is 3. The molecule has 0 radical (unpaired) electrons. The summed E-state index contributed by atoms with van der Waals surface area (Å²) in [4.78, 5) is 23.6. The molecule has 7 nitrogen and oxygen atoms in total. The van der Waals surface area contributed by atoms with E-state index in [1.54, 1.807) is 18.2 Å². The summed E-state index contributed by atoms with van der Waals surface area (Å²) in [6, 6.07) is 9.40. The number of hydrogen-bond acceptors (Lipinski definition) is 7. The summed E-state index contributed by atoms with van der Waals surface area (Å²) >= 11 is 0. The van der Waals surface area contributed by atoms with E-state index in [0.29, 0.717) is 5.95 Å². The number of nitrogens with zero attached hydrogens (tertiary/aromatic N) is 3. The standard InChI is InChI=1S/C16H17N5O2/c1-2-3-5-10-14(22)23-11-13-19-15(17)21-16(20-13)18-12-8-6-4-7-9-12/h2-10H,11H2,1H3,(H3,17,18,19,20,21)/b3-2+,10-5+. The van der Waals surface area contributed by atoms with Crippen molar-refractivity contribution >= 4 is 23.6 Å². The minimum atomic E-state index is -0.486. The molecule has 1 aromatic carbocycles. The Balaban J connectivity index is 2.01. The van der Waals surface area contributed by atoms with Crippen LogP contribution in [0.2, 0.25) is 0 Å². The quantitative estimate of drug-likeness (QED) is 0.479. The van der Waals surface area contributed by atoms with Gasteiger partial charge in [-0.15, -0.1) is 0 Å². The number of esters is 1. The van der Waals surface area contributed by atoms with Crippen molar-refractivity contribution in [3.8, 4) is 0 Å². The van der Waals surface area contributed by atoms with E-state index in [1.807, 2.05) is 37.3 Å². The summed E-state index contributed by atoms with van der Waals surface area (Å²) in [5.74, 6) is 0.122. The molecule has 1 aromatic heterocycles. The average Bonchev–Trinajstić information content (AvgIpc) is 2.54. The van der Waals surface area contributed by atoms with Crippen LogP contribution in [0.15, 0.2) is 54.6 Å². The van der Waals surface area contributed by atoms with Crippen molar-refractivity contribution < 1.29 is 9.53 Å². The third-order valence-electron chi connectivity index (χ3n) is 2.61. The number of nitrogens with two attached hydrogens (primary N) is 1. The second kappa shape index (κ2) is 8.28. The van der Waals surface area contributed by atoms with Crippen molar-refractivity contribution in [2.24, 2.45) is 0 Å². The number of ether oxygens (including phenoxy) is 1. The number of nitrogens with one attached hydrogen (secondary N) is 1. The van der Waals surface area contributed by atoms with E-state index in [9.17, 15) is 4.79 Å². The molecular formula is C16H17N5O2. The van der Waals surface area contributed by atoms with Crippen molar-refractivity contribution in [1.29, 1.82) is 0 Å². The molecule has 118 valence electrons. The van der Waals surface area contributed by atoms with Gasteiger partial charge in [0.25, 0.3) is 0 Å². The van der Waals surface area contributed by atoms with E-state index in [4.69, 9.17) is 10.5 Å². The summed E-state index contributed by atoms with van der Waals surface area (Å²) in [5.41, 5.74) is 6.47. The van der Waals surface area contributed by atoms with Crippen molar-refractivity contribution in [3.05, 3.63) is 60.5 Å². The van der Waals surface area contributed by atoms with Crippen molar-refractivity contribution in [3.63, 3.8) is 0 Å². The van der Waals surface area contributed by atoms with Gasteiger partial charge in [-0.2, -0.15) is 15.0 Å². The first-order valence-electron chi connectivity index (χ1n) is 6.96. The monoisotopic (exact) mass is 311 g/mol. The summed E-state index contributed by atoms with van der Waals surface area (Å²) in [6.45, 7) is 1.76. The Morgan fingerprint density at radius 1 is 1.22 bits per heavy atom. The summed E-state index contributed by atoms with van der Waals surface area (Å²) in [6.07, 6.45) is 6.43. The highest BCUT2D eigenvalue weighted by Crippen LogP contribution is 2.12. The van der Waals surface area contributed by atoms with E-state index >= 15 is 0 Å². The minimum absolute atomic E-state index is 0.0499. The average molecular weight is 311 g/mol. The molecule has 0 fully saturated rings. The van der Waals surface area contributed by atoms with Gasteiger partial charge >= 0.3 is 5.97 Å². The Morgan fingerprint density at radius 3 is 2.74 bits per heavy atom. The van der Waals surface area contributed by atoms with E-state index in [1.165, 1.54) is 6.08 Å². The highest BCUT2D eigenvalue weighted by molar-refractivity contribution is 5.82. The van der Waals surface area contributed by atoms with Crippen LogP contribution in [0, 0.1) is 0 Å². The van der Waals surface area contributed by atoms with Crippen LogP contribution in [0.25, 0.3) is 0 Å². The Hall–Kier alpha value is -3.22. The zero-order chi connectivity index (χ0) is 16.5. The number of para-hydroxylation sites is 1. The van der Waals surface area contributed by atoms with Crippen LogP contribution in [0.4, 0.5) is 17.6 Å². The normalized spacial score (nSPS) is 11.0. The fraction of sp³-hybridized carbons (Fsp3) is 0.125. The van der Waals surface area contributed by atoms with Gasteiger partial charge in [0.2, 0.25) is 11.9 Å². The summed E-state index contributed by atoms with van der Waals surface area (Å²) < 4.78 is 5.04. The van der Waals surface area contributed by atoms with E-state index in [2.05, 4.69) is 20.3 Å². The predicted octanol–water partition coefficient (Wildman–Crippen LogP) is 2.37. The maximum atomic E-state index is 11.5. The van der Waals surface area contributed by atoms with Crippen molar-refractivity contribution in [1.82, 2.24) is 15.0 Å². The van der Waals surface area contributed by atoms with Gasteiger partial charge in [0.05, 0.1) is 0 Å². The first-order chi connectivity index (χ1) is 11.2. The highest BCUT2D eigenvalue weighted by Gasteiger charge is 2.07. The molecule has 7 heteroatoms. The number of rotatable bonds is 6. The Labute approximate surface area is 133 Å². The number of nitrogen functional groups attached to an aromatic ring is 1. The molecule has 0 aliphatic carbocycles. The van der Waals surface area contributed by atoms with Crippen LogP contribution in [-0.4, -0.2) is 20.9 Å². The molecule has 0 aliphatic heterocycles. The fourth-order valence-corrected chi connectivity index (χ4v) is 1.64. The van der Waals surface area contributed by atoms with Gasteiger partial charge in [-0.3, -0.25) is 0 Å². The molecule has 0 saturated carbocycles. The summed E-state index contributed by atoms with van der Waals surface area (Å²) in [5, 5.41) is 3.01. The molecule has 0 atom stereocenters. The van der Waals surface area contributed by atoms with E-state index < -0.39 is 5.97 Å². The van der Waals surface area contributed by atoms with Gasteiger partial charge in [-0.05, 0) is 19.1 Å². The highest BCUT2D eigenvalue weighted by atomic mass is 16.5. The summed E-state index contributed by atoms with van der Waals surface area (Å²) in [7, 11) is 0. The molecule has 0 unspecified atom stereocenters. The largest absolute Gasteiger partial charge is 0.454 e. The Bertz CT molecular complexity index is 714. The molecule has 2 rings (SSSR count). The lowest BCUT2D eigenvalue weighted by molar-refractivity contribution is -0.139. The SMILES string of the molecule is C/C=C/C=C/C(=O)OCc1nc(N)nc(Nc2ccccc2)n1. The third-order valence-corrected chi connectivity index (χ3v) is 2.61. The molecular weight excluding hydrogens is 294 g/mol. The topological polar surface area (TPSA) is 103 Å². The number of allylic oxidation sites excluding steroid dienone is 3. The van der Waals surface area contributed by atoms with Crippen LogP contribution in [0.1, 0.15) is 12.7 Å². The van der Waals surface area contributed by atoms with Crippen LogP contribution in [-0.2, 0) is 16.1 Å². The molecule has 0 spiro atoms. The molecule has 3 N–H and O–H groups in total. The number of benzene rings is 1. The van der Waals surface area contributed by atoms with Crippen LogP contribution in [0.3, 0.4) is 0 Å². The lowest BCUT2D eigenvalue weighted by atomic mass is 10.3. The Morgan fingerprint density at radius 2 is 2.00 bits per heavy atom. The minimum Gasteiger partial charge on any atom is -0.454 e. The van der Waals surface area contributed by atoms with Crippen molar-refractivity contribution in [2.45, 2.75) is 13.5 Å². The van der Waals surface area contributed by atoms with Crippen LogP contribution < -0.4 is 11.1 Å². The van der Waals surface area contributed by atoms with Gasteiger partial charge in [-0.25, -0.2) is 4.79 Å². The Kier molecular flexibility index (Phi) is 5.81. The number of anilines is 3. The first kappa shape index (κ1) is 16.2. The van der Waals surface area contributed by atoms with E-state index in [0.717, 1.165) is 5.69 Å². The molecule has 2 aromatic rings. The maximum Gasteiger partial charge on any atom is 0.331 e. The van der Waals surface area contributed by atoms with Gasteiger partial charge in [0, 0.05) is 11.8 Å². The lowest BCUT2D eigenvalue weighted by Crippen LogP contribution is -2.10. The smallest absolute Gasteiger partial charge is 0.331 e. The second-order valence-corrected chi connectivity index (χ2v) is 4.42. The number of carbonyl (C=O) groups is 1. The molecule has 0 aliphatic rings. The predicted molar refractivity (Wildman–Crippen MR) is 87.7 cm³/mol. The second-order valence-electron chi connectivity index (χ2n) is 4.42. The zero-order valence-electron chi connectivity index (χ0n) is 12.6. The van der Waals surface area contributed by atoms with E-state index in [-0.39, 0.29) is 18.4 Å². The number of carbonyl (C=O) groups excluding carboxylic acids is 1. The first-order valence-corrected chi connectivity index (χ1v) is 6.96. The van der Waals surface area contributed by atoms with Gasteiger partial charge < -0.3 is 15.8 Å². The van der Waals surface area contributed by atoms with Gasteiger partial charge in [0.15, 0.2) is 12.4 Å². The lowest BCUT2D eigenvalue weighted by Gasteiger charge is -2.07. The maximum absolute atomic E-state index is 11.5. The molecule has 1 heterocycles. The van der Waals surface area contributed by atoms with Gasteiger partial charge in [0.1, 0.15) is 0 Å². The molecule has 0 saturated heterocycles. The molecule has 0 amide bonds. The van der Waals surface area contributed by atoms with Gasteiger partial charge in [-0.1, -0.05) is 36.4 Å². The molecule has 0 bridgehead atoms. The fourth-order valence-electron chi connectivity index (χ4n) is 1.64.